The fraction of sp³-hybridized carbons (Fsp3) is 0.308. The molecule has 20 heavy (non-hydrogen) atoms. The summed E-state index contributed by atoms with van der Waals surface area (Å²) < 4.78 is 10.3. The first-order valence-electron chi connectivity index (χ1n) is 5.98. The molecule has 1 heterocycles. The minimum absolute atomic E-state index is 0.0271. The van der Waals surface area contributed by atoms with E-state index in [4.69, 9.17) is 9.47 Å². The van der Waals surface area contributed by atoms with Gasteiger partial charge < -0.3 is 14.8 Å². The molecular weight excluding hydrogens is 278 g/mol. The van der Waals surface area contributed by atoms with E-state index in [1.165, 1.54) is 11.8 Å². The quantitative estimate of drug-likeness (QED) is 0.676. The van der Waals surface area contributed by atoms with Gasteiger partial charge in [-0.25, -0.2) is 0 Å². The van der Waals surface area contributed by atoms with Crippen LogP contribution in [0.3, 0.4) is 0 Å². The lowest BCUT2D eigenvalue weighted by atomic mass is 10.2. The van der Waals surface area contributed by atoms with Crippen LogP contribution in [0.2, 0.25) is 0 Å². The molecule has 0 unspecified atom stereocenters. The van der Waals surface area contributed by atoms with Crippen LogP contribution in [0.15, 0.2) is 28.4 Å². The lowest BCUT2D eigenvalue weighted by molar-refractivity contribution is -0.119. The number of carbonyl (C=O) groups is 1. The number of benzene rings is 1. The van der Waals surface area contributed by atoms with Gasteiger partial charge in [0.2, 0.25) is 5.91 Å². The smallest absolute Gasteiger partial charge is 0.226 e. The maximum Gasteiger partial charge on any atom is 0.226 e. The molecule has 7 heteroatoms. The third kappa shape index (κ3) is 3.99. The molecule has 106 valence electrons. The molecule has 0 radical (unpaired) electrons. The third-order valence-corrected chi connectivity index (χ3v) is 3.41. The number of hydrogen-bond acceptors (Lipinski definition) is 6. The molecule has 1 aliphatic rings. The van der Waals surface area contributed by atoms with E-state index in [0.29, 0.717) is 23.1 Å². The first-order chi connectivity index (χ1) is 9.71. The minimum atomic E-state index is -0.0271. The number of ether oxygens (including phenoxy) is 2. The van der Waals surface area contributed by atoms with Crippen LogP contribution in [0, 0.1) is 0 Å². The van der Waals surface area contributed by atoms with E-state index < -0.39 is 0 Å². The molecule has 1 aromatic carbocycles. The van der Waals surface area contributed by atoms with Crippen LogP contribution in [0.25, 0.3) is 0 Å². The molecule has 0 aromatic heterocycles. The van der Waals surface area contributed by atoms with E-state index >= 15 is 0 Å². The van der Waals surface area contributed by atoms with Crippen molar-refractivity contribution in [3.05, 3.63) is 23.8 Å². The van der Waals surface area contributed by atoms with Crippen molar-refractivity contribution >= 4 is 29.1 Å². The van der Waals surface area contributed by atoms with Crippen LogP contribution in [0.4, 0.5) is 0 Å². The Kier molecular flexibility index (Phi) is 5.00. The predicted molar refractivity (Wildman–Crippen MR) is 79.8 cm³/mol. The molecule has 1 saturated heterocycles. The largest absolute Gasteiger partial charge is 0.497 e. The van der Waals surface area contributed by atoms with Crippen LogP contribution in [0.5, 0.6) is 11.5 Å². The van der Waals surface area contributed by atoms with Crippen LogP contribution in [-0.2, 0) is 4.79 Å². The monoisotopic (exact) mass is 293 g/mol. The van der Waals surface area contributed by atoms with Crippen LogP contribution in [0.1, 0.15) is 12.0 Å². The van der Waals surface area contributed by atoms with Gasteiger partial charge in [0, 0.05) is 23.8 Å². The van der Waals surface area contributed by atoms with Crippen molar-refractivity contribution in [3.63, 3.8) is 0 Å². The number of thioether (sulfide) groups is 1. The van der Waals surface area contributed by atoms with Crippen molar-refractivity contribution in [3.8, 4) is 11.5 Å². The Labute approximate surface area is 121 Å². The zero-order valence-electron chi connectivity index (χ0n) is 11.3. The number of nitrogens with zero attached hydrogens (tertiary/aromatic N) is 2. The van der Waals surface area contributed by atoms with E-state index in [9.17, 15) is 4.79 Å². The molecule has 0 bridgehead atoms. The van der Waals surface area contributed by atoms with Gasteiger partial charge in [-0.1, -0.05) is 11.8 Å². The average molecular weight is 293 g/mol. The second-order valence-electron chi connectivity index (χ2n) is 3.94. The molecule has 0 spiro atoms. The number of amidine groups is 1. The van der Waals surface area contributed by atoms with Gasteiger partial charge in [-0.2, -0.15) is 5.10 Å². The summed E-state index contributed by atoms with van der Waals surface area (Å²) in [6, 6.07) is 5.41. The van der Waals surface area contributed by atoms with Gasteiger partial charge in [0.05, 0.1) is 20.4 Å². The van der Waals surface area contributed by atoms with Crippen LogP contribution in [-0.4, -0.2) is 37.3 Å². The standard InChI is InChI=1S/C13H15N3O3S/c1-18-10-5-9(6-11(7-10)19-2)8-14-16-13-15-12(17)3-4-20-13/h5-8H,3-4H2,1-2H3,(H,15,16,17)/b14-8-. The van der Waals surface area contributed by atoms with E-state index in [1.54, 1.807) is 26.5 Å². The van der Waals surface area contributed by atoms with Gasteiger partial charge in [0.15, 0.2) is 5.17 Å². The Morgan fingerprint density at radius 3 is 2.55 bits per heavy atom. The maximum absolute atomic E-state index is 11.2. The number of amides is 1. The fourth-order valence-electron chi connectivity index (χ4n) is 1.56. The van der Waals surface area contributed by atoms with Gasteiger partial charge in [-0.15, -0.1) is 5.10 Å². The van der Waals surface area contributed by atoms with Crippen molar-refractivity contribution in [1.29, 1.82) is 0 Å². The van der Waals surface area contributed by atoms with Crippen molar-refractivity contribution in [2.45, 2.75) is 6.42 Å². The second kappa shape index (κ2) is 6.95. The molecule has 0 aliphatic carbocycles. The normalized spacial score (nSPS) is 17.3. The first-order valence-corrected chi connectivity index (χ1v) is 6.96. The first kappa shape index (κ1) is 14.4. The zero-order valence-corrected chi connectivity index (χ0v) is 12.1. The number of methoxy groups -OCH3 is 2. The van der Waals surface area contributed by atoms with E-state index in [-0.39, 0.29) is 5.91 Å². The lowest BCUT2D eigenvalue weighted by Crippen LogP contribution is -2.32. The summed E-state index contributed by atoms with van der Waals surface area (Å²) >= 11 is 1.47. The van der Waals surface area contributed by atoms with E-state index in [2.05, 4.69) is 15.5 Å². The molecule has 1 amide bonds. The zero-order chi connectivity index (χ0) is 14.4. The van der Waals surface area contributed by atoms with Gasteiger partial charge in [-0.3, -0.25) is 4.79 Å². The molecule has 0 saturated carbocycles. The Morgan fingerprint density at radius 2 is 1.95 bits per heavy atom. The van der Waals surface area contributed by atoms with Crippen molar-refractivity contribution in [2.75, 3.05) is 20.0 Å². The Balaban J connectivity index is 2.10. The summed E-state index contributed by atoms with van der Waals surface area (Å²) in [5.74, 6) is 2.06. The topological polar surface area (TPSA) is 72.3 Å². The Hall–Kier alpha value is -2.02. The number of carbonyl (C=O) groups excluding carboxylic acids is 1. The second-order valence-corrected chi connectivity index (χ2v) is 5.03. The predicted octanol–water partition coefficient (Wildman–Crippen LogP) is 1.65. The molecule has 1 fully saturated rings. The highest BCUT2D eigenvalue weighted by molar-refractivity contribution is 8.14. The summed E-state index contributed by atoms with van der Waals surface area (Å²) in [5.41, 5.74) is 0.803. The summed E-state index contributed by atoms with van der Waals surface area (Å²) in [4.78, 5) is 11.2. The molecule has 2 rings (SSSR count). The third-order valence-electron chi connectivity index (χ3n) is 2.54. The van der Waals surface area contributed by atoms with Gasteiger partial charge in [-0.05, 0) is 12.1 Å². The summed E-state index contributed by atoms with van der Waals surface area (Å²) in [6.45, 7) is 0. The van der Waals surface area contributed by atoms with E-state index in [0.717, 1.165) is 11.3 Å². The highest BCUT2D eigenvalue weighted by Crippen LogP contribution is 2.21. The van der Waals surface area contributed by atoms with Crippen LogP contribution >= 0.6 is 11.8 Å². The van der Waals surface area contributed by atoms with Crippen LogP contribution < -0.4 is 14.8 Å². The molecule has 1 aromatic rings. The summed E-state index contributed by atoms with van der Waals surface area (Å²) in [6.07, 6.45) is 2.10. The lowest BCUT2D eigenvalue weighted by Gasteiger charge is -2.11. The van der Waals surface area contributed by atoms with Crippen molar-refractivity contribution in [2.24, 2.45) is 10.2 Å². The molecular formula is C13H15N3O3S. The SMILES string of the molecule is COc1cc(/C=N\N=C2/NC(=O)CCS2)cc(OC)c1. The van der Waals surface area contributed by atoms with Gasteiger partial charge in [0.25, 0.3) is 0 Å². The number of hydrogen-bond donors (Lipinski definition) is 1. The summed E-state index contributed by atoms with van der Waals surface area (Å²) in [5, 5.41) is 11.1. The highest BCUT2D eigenvalue weighted by atomic mass is 32.2. The maximum atomic E-state index is 11.2. The Bertz CT molecular complexity index is 536. The van der Waals surface area contributed by atoms with Gasteiger partial charge in [0.1, 0.15) is 11.5 Å². The number of rotatable bonds is 4. The van der Waals surface area contributed by atoms with E-state index in [1.807, 2.05) is 12.1 Å². The molecule has 6 nitrogen and oxygen atoms in total. The molecule has 1 N–H and O–H groups in total. The summed E-state index contributed by atoms with van der Waals surface area (Å²) in [7, 11) is 3.17. The highest BCUT2D eigenvalue weighted by Gasteiger charge is 2.13. The average Bonchev–Trinajstić information content (AvgIpc) is 2.47. The molecule has 1 aliphatic heterocycles. The van der Waals surface area contributed by atoms with Gasteiger partial charge >= 0.3 is 0 Å². The molecule has 0 atom stereocenters. The fourth-order valence-corrected chi connectivity index (χ4v) is 2.34. The van der Waals surface area contributed by atoms with Crippen molar-refractivity contribution in [1.82, 2.24) is 5.32 Å². The minimum Gasteiger partial charge on any atom is -0.497 e. The number of nitrogens with one attached hydrogen (secondary N) is 1. The van der Waals surface area contributed by atoms with Crippen molar-refractivity contribution < 1.29 is 14.3 Å². The Morgan fingerprint density at radius 1 is 1.25 bits per heavy atom.